The molecule has 0 atom stereocenters. The molecule has 0 spiro atoms. The van der Waals surface area contributed by atoms with Gasteiger partial charge in [-0.25, -0.2) is 19.5 Å². The van der Waals surface area contributed by atoms with Gasteiger partial charge in [-0.2, -0.15) is 8.42 Å². The van der Waals surface area contributed by atoms with E-state index in [-0.39, 0.29) is 23.6 Å². The van der Waals surface area contributed by atoms with Crippen molar-refractivity contribution in [1.29, 1.82) is 0 Å². The first-order valence-corrected chi connectivity index (χ1v) is 10.6. The lowest BCUT2D eigenvalue weighted by molar-refractivity contribution is -0.114. The van der Waals surface area contributed by atoms with E-state index in [4.69, 9.17) is 0 Å². The zero-order chi connectivity index (χ0) is 21.8. The number of nitrogens with zero attached hydrogens (tertiary/aromatic N) is 2. The molecule has 2 rings (SSSR count). The van der Waals surface area contributed by atoms with Crippen molar-refractivity contribution in [2.24, 2.45) is 0 Å². The van der Waals surface area contributed by atoms with Gasteiger partial charge in [0.15, 0.2) is 10.8 Å². The SMILES string of the molecule is CC(=O)Nc1cnc(S(=O)(=O)NC(=O)Nc2c(C(C)C)cccc2C(C)C)cn1. The van der Waals surface area contributed by atoms with Crippen molar-refractivity contribution in [2.75, 3.05) is 10.6 Å². The van der Waals surface area contributed by atoms with E-state index in [2.05, 4.69) is 20.6 Å². The zero-order valence-electron chi connectivity index (χ0n) is 17.0. The van der Waals surface area contributed by atoms with Gasteiger partial charge in [-0.3, -0.25) is 4.79 Å². The summed E-state index contributed by atoms with van der Waals surface area (Å²) >= 11 is 0. The lowest BCUT2D eigenvalue weighted by atomic mass is 9.93. The molecule has 29 heavy (non-hydrogen) atoms. The van der Waals surface area contributed by atoms with Crippen molar-refractivity contribution in [1.82, 2.24) is 14.7 Å². The number of aromatic nitrogens is 2. The van der Waals surface area contributed by atoms with E-state index in [9.17, 15) is 18.0 Å². The number of carbonyl (C=O) groups excluding carboxylic acids is 2. The Hall–Kier alpha value is -3.01. The van der Waals surface area contributed by atoms with Crippen molar-refractivity contribution < 1.29 is 18.0 Å². The number of nitrogens with one attached hydrogen (secondary N) is 3. The molecule has 2 aromatic rings. The lowest BCUT2D eigenvalue weighted by Gasteiger charge is -2.20. The van der Waals surface area contributed by atoms with Gasteiger partial charge in [-0.15, -0.1) is 0 Å². The van der Waals surface area contributed by atoms with Crippen molar-refractivity contribution in [3.8, 4) is 0 Å². The van der Waals surface area contributed by atoms with Gasteiger partial charge in [0.1, 0.15) is 0 Å². The van der Waals surface area contributed by atoms with Crippen LogP contribution in [0.1, 0.15) is 57.6 Å². The molecule has 0 fully saturated rings. The molecule has 1 aromatic carbocycles. The highest BCUT2D eigenvalue weighted by atomic mass is 32.2. The Morgan fingerprint density at radius 3 is 1.97 bits per heavy atom. The molecule has 10 heteroatoms. The van der Waals surface area contributed by atoms with Crippen LogP contribution in [0.3, 0.4) is 0 Å². The predicted molar refractivity (Wildman–Crippen MR) is 110 cm³/mol. The Kier molecular flexibility index (Phi) is 6.91. The number of hydrogen-bond acceptors (Lipinski definition) is 6. The monoisotopic (exact) mass is 419 g/mol. The number of urea groups is 1. The number of rotatable bonds is 6. The molecule has 0 saturated heterocycles. The number of benzene rings is 1. The summed E-state index contributed by atoms with van der Waals surface area (Å²) < 4.78 is 26.8. The van der Waals surface area contributed by atoms with Gasteiger partial charge in [0.05, 0.1) is 12.4 Å². The van der Waals surface area contributed by atoms with E-state index in [0.717, 1.165) is 23.5 Å². The van der Waals surface area contributed by atoms with Gasteiger partial charge in [0.25, 0.3) is 10.0 Å². The molecule has 0 saturated carbocycles. The second-order valence-corrected chi connectivity index (χ2v) is 8.73. The number of carbonyl (C=O) groups is 2. The van der Waals surface area contributed by atoms with Crippen molar-refractivity contribution >= 4 is 33.5 Å². The maximum Gasteiger partial charge on any atom is 0.333 e. The fraction of sp³-hybridized carbons (Fsp3) is 0.368. The Balaban J connectivity index is 2.23. The summed E-state index contributed by atoms with van der Waals surface area (Å²) in [6.45, 7) is 9.26. The van der Waals surface area contributed by atoms with E-state index in [0.29, 0.717) is 5.69 Å². The predicted octanol–water partition coefficient (Wildman–Crippen LogP) is 3.19. The van der Waals surface area contributed by atoms with Crippen LogP contribution in [0.25, 0.3) is 0 Å². The average molecular weight is 420 g/mol. The van der Waals surface area contributed by atoms with Crippen molar-refractivity contribution in [3.05, 3.63) is 41.7 Å². The van der Waals surface area contributed by atoms with Crippen LogP contribution in [0.4, 0.5) is 16.3 Å². The Morgan fingerprint density at radius 2 is 1.52 bits per heavy atom. The third kappa shape index (κ3) is 5.74. The van der Waals surface area contributed by atoms with Crippen LogP contribution in [0.5, 0.6) is 0 Å². The number of anilines is 2. The summed E-state index contributed by atoms with van der Waals surface area (Å²) in [4.78, 5) is 31.0. The van der Waals surface area contributed by atoms with Crippen molar-refractivity contribution in [3.63, 3.8) is 0 Å². The molecule has 0 radical (unpaired) electrons. The first-order chi connectivity index (χ1) is 13.5. The largest absolute Gasteiger partial charge is 0.333 e. The third-order valence-corrected chi connectivity index (χ3v) is 5.26. The minimum Gasteiger partial charge on any atom is -0.310 e. The highest BCUT2D eigenvalue weighted by molar-refractivity contribution is 7.90. The summed E-state index contributed by atoms with van der Waals surface area (Å²) in [7, 11) is -4.24. The summed E-state index contributed by atoms with van der Waals surface area (Å²) in [6.07, 6.45) is 2.06. The van der Waals surface area contributed by atoms with Crippen LogP contribution < -0.4 is 15.4 Å². The summed E-state index contributed by atoms with van der Waals surface area (Å²) in [5.74, 6) is 0.00566. The van der Waals surface area contributed by atoms with E-state index < -0.39 is 21.1 Å². The van der Waals surface area contributed by atoms with Crippen LogP contribution in [0.2, 0.25) is 0 Å². The van der Waals surface area contributed by atoms with Gasteiger partial charge in [0, 0.05) is 12.6 Å². The quantitative estimate of drug-likeness (QED) is 0.659. The molecule has 3 amide bonds. The molecule has 3 N–H and O–H groups in total. The van der Waals surface area contributed by atoms with Gasteiger partial charge in [-0.1, -0.05) is 45.9 Å². The number of hydrogen-bond donors (Lipinski definition) is 3. The highest BCUT2D eigenvalue weighted by Crippen LogP contribution is 2.32. The summed E-state index contributed by atoms with van der Waals surface area (Å²) in [5, 5.41) is 4.61. The normalized spacial score (nSPS) is 11.4. The Morgan fingerprint density at radius 1 is 0.931 bits per heavy atom. The summed E-state index contributed by atoms with van der Waals surface area (Å²) in [5.41, 5.74) is 2.41. The minimum absolute atomic E-state index is 0.105. The maximum atomic E-state index is 12.5. The molecule has 0 aliphatic rings. The number of sulfonamides is 1. The Labute approximate surface area is 170 Å². The lowest BCUT2D eigenvalue weighted by Crippen LogP contribution is -2.35. The molecule has 1 heterocycles. The molecule has 0 aliphatic heterocycles. The second kappa shape index (κ2) is 8.99. The van der Waals surface area contributed by atoms with Gasteiger partial charge in [-0.05, 0) is 23.0 Å². The van der Waals surface area contributed by atoms with E-state index >= 15 is 0 Å². The number of amides is 3. The molecule has 0 aliphatic carbocycles. The van der Waals surface area contributed by atoms with Crippen LogP contribution in [0, 0.1) is 0 Å². The molecule has 0 unspecified atom stereocenters. The van der Waals surface area contributed by atoms with E-state index in [1.165, 1.54) is 6.92 Å². The maximum absolute atomic E-state index is 12.5. The first-order valence-electron chi connectivity index (χ1n) is 9.07. The van der Waals surface area contributed by atoms with Crippen LogP contribution in [-0.4, -0.2) is 30.3 Å². The fourth-order valence-corrected chi connectivity index (χ4v) is 3.49. The van der Waals surface area contributed by atoms with Gasteiger partial charge < -0.3 is 10.6 Å². The number of para-hydroxylation sites is 1. The zero-order valence-corrected chi connectivity index (χ0v) is 17.8. The topological polar surface area (TPSA) is 130 Å². The molecule has 9 nitrogen and oxygen atoms in total. The summed E-state index contributed by atoms with van der Waals surface area (Å²) in [6, 6.07) is 4.81. The van der Waals surface area contributed by atoms with Gasteiger partial charge in [0.2, 0.25) is 5.91 Å². The molecule has 1 aromatic heterocycles. The van der Waals surface area contributed by atoms with E-state index in [1.807, 2.05) is 50.6 Å². The molecule has 156 valence electrons. The van der Waals surface area contributed by atoms with Crippen molar-refractivity contribution in [2.45, 2.75) is 51.5 Å². The van der Waals surface area contributed by atoms with E-state index in [1.54, 1.807) is 0 Å². The minimum atomic E-state index is -4.24. The standard InChI is InChI=1S/C19H25N5O4S/c1-11(2)14-7-6-8-15(12(3)4)18(14)23-19(26)24-29(27,28)17-10-20-16(9-21-17)22-13(5)25/h6-12H,1-5H3,(H,20,22,25)(H2,23,24,26). The average Bonchev–Trinajstić information content (AvgIpc) is 2.60. The Bertz CT molecular complexity index is 976. The first kappa shape index (κ1) is 22.3. The fourth-order valence-electron chi connectivity index (χ4n) is 2.71. The highest BCUT2D eigenvalue weighted by Gasteiger charge is 2.22. The molecular formula is C19H25N5O4S. The second-order valence-electron chi connectivity index (χ2n) is 7.10. The molecule has 0 bridgehead atoms. The van der Waals surface area contributed by atoms with Gasteiger partial charge >= 0.3 is 6.03 Å². The van der Waals surface area contributed by atoms with Crippen LogP contribution in [0.15, 0.2) is 35.6 Å². The smallest absolute Gasteiger partial charge is 0.310 e. The molecular weight excluding hydrogens is 394 g/mol. The van der Waals surface area contributed by atoms with Crippen LogP contribution in [-0.2, 0) is 14.8 Å². The van der Waals surface area contributed by atoms with Crippen LogP contribution >= 0.6 is 0 Å². The third-order valence-electron chi connectivity index (χ3n) is 4.05.